The molecule has 0 bridgehead atoms. The molecule has 0 radical (unpaired) electrons. The largest absolute Gasteiger partial charge is 0.497 e. The number of nitrogens with zero attached hydrogens (tertiary/aromatic N) is 2. The third-order valence-corrected chi connectivity index (χ3v) is 4.99. The molecule has 134 valence electrons. The molecule has 0 unspecified atom stereocenters. The van der Waals surface area contributed by atoms with E-state index in [4.69, 9.17) is 4.74 Å². The molecule has 5 heteroatoms. The van der Waals surface area contributed by atoms with Gasteiger partial charge in [0.1, 0.15) is 5.75 Å². The lowest BCUT2D eigenvalue weighted by molar-refractivity contribution is 0.415. The smallest absolute Gasteiger partial charge is 0.213 e. The predicted molar refractivity (Wildman–Crippen MR) is 111 cm³/mol. The standard InChI is InChI=1S/C22H19N3OS/c1-26-20-14-12-17(13-15-20)21-16-27-22(24-23-18-8-4-2-5-9-18)25(21)19-10-6-3-7-11-19/h2-16,23H,1H3/b24-22-. The zero-order valence-electron chi connectivity index (χ0n) is 14.9. The summed E-state index contributed by atoms with van der Waals surface area (Å²) in [6.45, 7) is 0. The van der Waals surface area contributed by atoms with Crippen molar-refractivity contribution in [2.75, 3.05) is 12.5 Å². The van der Waals surface area contributed by atoms with Gasteiger partial charge in [-0.15, -0.1) is 16.4 Å². The van der Waals surface area contributed by atoms with Crippen LogP contribution in [0.1, 0.15) is 0 Å². The zero-order chi connectivity index (χ0) is 18.5. The Bertz CT molecular complexity index is 1070. The van der Waals surface area contributed by atoms with E-state index in [0.717, 1.165) is 33.2 Å². The minimum atomic E-state index is 0.843. The molecular weight excluding hydrogens is 354 g/mol. The Kier molecular flexibility index (Phi) is 5.03. The van der Waals surface area contributed by atoms with Crippen LogP contribution in [0, 0.1) is 0 Å². The highest BCUT2D eigenvalue weighted by molar-refractivity contribution is 7.07. The summed E-state index contributed by atoms with van der Waals surface area (Å²) in [6.07, 6.45) is 0. The van der Waals surface area contributed by atoms with E-state index in [2.05, 4.69) is 44.7 Å². The topological polar surface area (TPSA) is 38.5 Å². The Morgan fingerprint density at radius 1 is 0.852 bits per heavy atom. The van der Waals surface area contributed by atoms with Gasteiger partial charge in [-0.3, -0.25) is 9.99 Å². The lowest BCUT2D eigenvalue weighted by atomic mass is 10.1. The van der Waals surface area contributed by atoms with Gasteiger partial charge >= 0.3 is 0 Å². The number of aromatic nitrogens is 1. The van der Waals surface area contributed by atoms with Crippen LogP contribution in [0.2, 0.25) is 0 Å². The maximum absolute atomic E-state index is 5.28. The molecule has 1 N–H and O–H groups in total. The molecule has 1 aromatic heterocycles. The number of nitrogens with one attached hydrogen (secondary N) is 1. The van der Waals surface area contributed by atoms with Crippen LogP contribution in [0.4, 0.5) is 5.69 Å². The SMILES string of the molecule is COc1ccc(-c2cs/c(=N\Nc3ccccc3)n2-c2ccccc2)cc1. The van der Waals surface area contributed by atoms with Crippen molar-refractivity contribution in [1.29, 1.82) is 0 Å². The van der Waals surface area contributed by atoms with Crippen molar-refractivity contribution in [1.82, 2.24) is 4.57 Å². The molecule has 0 aliphatic carbocycles. The highest BCUT2D eigenvalue weighted by atomic mass is 32.1. The number of hydrogen-bond donors (Lipinski definition) is 1. The second-order valence-corrected chi connectivity index (χ2v) is 6.73. The van der Waals surface area contributed by atoms with Gasteiger partial charge in [0.05, 0.1) is 18.5 Å². The second kappa shape index (κ2) is 7.93. The van der Waals surface area contributed by atoms with Crippen LogP contribution >= 0.6 is 11.3 Å². The lowest BCUT2D eigenvalue weighted by Gasteiger charge is -2.10. The summed E-state index contributed by atoms with van der Waals surface area (Å²) in [5.41, 5.74) is 7.37. The molecule has 0 fully saturated rings. The number of rotatable bonds is 5. The Labute approximate surface area is 162 Å². The quantitative estimate of drug-likeness (QED) is 0.492. The average molecular weight is 373 g/mol. The highest BCUT2D eigenvalue weighted by Crippen LogP contribution is 2.25. The van der Waals surface area contributed by atoms with Crippen LogP contribution < -0.4 is 15.0 Å². The van der Waals surface area contributed by atoms with Crippen molar-refractivity contribution in [3.8, 4) is 22.7 Å². The van der Waals surface area contributed by atoms with Crippen LogP contribution in [0.15, 0.2) is 95.4 Å². The fourth-order valence-electron chi connectivity index (χ4n) is 2.80. The number of benzene rings is 3. The Morgan fingerprint density at radius 2 is 1.52 bits per heavy atom. The number of ether oxygens (including phenoxy) is 1. The predicted octanol–water partition coefficient (Wildman–Crippen LogP) is 5.14. The number of anilines is 1. The van der Waals surface area contributed by atoms with E-state index in [1.54, 1.807) is 18.4 Å². The van der Waals surface area contributed by atoms with Crippen LogP contribution in [-0.4, -0.2) is 11.7 Å². The number of methoxy groups -OCH3 is 1. The lowest BCUT2D eigenvalue weighted by Crippen LogP contribution is -2.15. The van der Waals surface area contributed by atoms with E-state index in [1.165, 1.54) is 0 Å². The molecule has 0 saturated carbocycles. The minimum absolute atomic E-state index is 0.843. The van der Waals surface area contributed by atoms with Crippen LogP contribution in [-0.2, 0) is 0 Å². The fraction of sp³-hybridized carbons (Fsp3) is 0.0455. The number of thiazole rings is 1. The van der Waals surface area contributed by atoms with Crippen LogP contribution in [0.25, 0.3) is 16.9 Å². The third kappa shape index (κ3) is 3.78. The molecule has 4 aromatic rings. The van der Waals surface area contributed by atoms with Crippen LogP contribution in [0.5, 0.6) is 5.75 Å². The van der Waals surface area contributed by atoms with Crippen LogP contribution in [0.3, 0.4) is 0 Å². The summed E-state index contributed by atoms with van der Waals surface area (Å²) < 4.78 is 7.44. The molecule has 0 saturated heterocycles. The molecule has 0 aliphatic rings. The first-order valence-corrected chi connectivity index (χ1v) is 9.48. The van der Waals surface area contributed by atoms with E-state index >= 15 is 0 Å². The molecule has 3 aromatic carbocycles. The first-order valence-electron chi connectivity index (χ1n) is 8.60. The molecule has 1 heterocycles. The van der Waals surface area contributed by atoms with Gasteiger partial charge in [0.25, 0.3) is 0 Å². The summed E-state index contributed by atoms with van der Waals surface area (Å²) in [7, 11) is 1.68. The number of para-hydroxylation sites is 2. The van der Waals surface area contributed by atoms with Crippen molar-refractivity contribution in [2.45, 2.75) is 0 Å². The third-order valence-electron chi connectivity index (χ3n) is 4.16. The van der Waals surface area contributed by atoms with Gasteiger partial charge in [0, 0.05) is 11.1 Å². The first-order chi connectivity index (χ1) is 13.3. The Balaban J connectivity index is 1.81. The molecule has 4 rings (SSSR count). The van der Waals surface area contributed by atoms with Crippen molar-refractivity contribution < 1.29 is 4.74 Å². The van der Waals surface area contributed by atoms with Gasteiger partial charge in [-0.1, -0.05) is 36.4 Å². The van der Waals surface area contributed by atoms with Crippen molar-refractivity contribution in [3.63, 3.8) is 0 Å². The molecule has 4 nitrogen and oxygen atoms in total. The number of hydrogen-bond acceptors (Lipinski definition) is 4. The minimum Gasteiger partial charge on any atom is -0.497 e. The summed E-state index contributed by atoms with van der Waals surface area (Å²) >= 11 is 1.60. The fourth-order valence-corrected chi connectivity index (χ4v) is 3.67. The van der Waals surface area contributed by atoms with Gasteiger partial charge in [0.15, 0.2) is 0 Å². The molecule has 0 amide bonds. The van der Waals surface area contributed by atoms with E-state index < -0.39 is 0 Å². The van der Waals surface area contributed by atoms with Crippen molar-refractivity contribution in [3.05, 3.63) is 95.1 Å². The molecular formula is C22H19N3OS. The van der Waals surface area contributed by atoms with E-state index in [0.29, 0.717) is 0 Å². The summed E-state index contributed by atoms with van der Waals surface area (Å²) in [5, 5.41) is 6.76. The van der Waals surface area contributed by atoms with E-state index in [9.17, 15) is 0 Å². The van der Waals surface area contributed by atoms with Gasteiger partial charge < -0.3 is 4.74 Å². The molecule has 0 aliphatic heterocycles. The highest BCUT2D eigenvalue weighted by Gasteiger charge is 2.10. The summed E-state index contributed by atoms with van der Waals surface area (Å²) in [6, 6.07) is 28.3. The van der Waals surface area contributed by atoms with Gasteiger partial charge in [-0.2, -0.15) is 0 Å². The Hall–Kier alpha value is -3.31. The van der Waals surface area contributed by atoms with Gasteiger partial charge in [-0.25, -0.2) is 0 Å². The van der Waals surface area contributed by atoms with Crippen molar-refractivity contribution in [2.24, 2.45) is 5.10 Å². The average Bonchev–Trinajstić information content (AvgIpc) is 3.17. The van der Waals surface area contributed by atoms with Gasteiger partial charge in [-0.05, 0) is 54.1 Å². The van der Waals surface area contributed by atoms with E-state index in [-0.39, 0.29) is 0 Å². The summed E-state index contributed by atoms with van der Waals surface area (Å²) in [4.78, 5) is 0.871. The summed E-state index contributed by atoms with van der Waals surface area (Å²) in [5.74, 6) is 0.843. The first kappa shape index (κ1) is 17.1. The van der Waals surface area contributed by atoms with E-state index in [1.807, 2.05) is 60.7 Å². The molecule has 27 heavy (non-hydrogen) atoms. The maximum Gasteiger partial charge on any atom is 0.213 e. The molecule has 0 atom stereocenters. The van der Waals surface area contributed by atoms with Gasteiger partial charge in [0.2, 0.25) is 4.80 Å². The Morgan fingerprint density at radius 3 is 2.19 bits per heavy atom. The second-order valence-electron chi connectivity index (χ2n) is 5.89. The van der Waals surface area contributed by atoms with Crippen molar-refractivity contribution >= 4 is 17.0 Å². The normalized spacial score (nSPS) is 11.4. The molecule has 0 spiro atoms. The monoisotopic (exact) mass is 373 g/mol. The zero-order valence-corrected chi connectivity index (χ0v) is 15.7. The maximum atomic E-state index is 5.28.